The van der Waals surface area contributed by atoms with Crippen molar-refractivity contribution in [2.24, 2.45) is 0 Å². The molecule has 14 heteroatoms. The molecule has 0 aliphatic rings. The van der Waals surface area contributed by atoms with E-state index in [1.165, 1.54) is 46.3 Å². The number of nitrogens with zero attached hydrogens (tertiary/aromatic N) is 8. The number of aryl methyl sites for hydroxylation is 1. The first kappa shape index (κ1) is 23.2. The summed E-state index contributed by atoms with van der Waals surface area (Å²) in [6, 6.07) is 6.61. The quantitative estimate of drug-likeness (QED) is 0.359. The van der Waals surface area contributed by atoms with Crippen molar-refractivity contribution in [1.29, 1.82) is 0 Å². The Kier molecular flexibility index (Phi) is 6.21. The Hall–Kier alpha value is -4.52. The second-order valence-corrected chi connectivity index (χ2v) is 7.97. The van der Waals surface area contributed by atoms with E-state index in [0.29, 0.717) is 34.4 Å². The molecule has 0 aliphatic heterocycles. The number of hydrogen-bond donors (Lipinski definition) is 2. The molecule has 0 fully saturated rings. The van der Waals surface area contributed by atoms with Gasteiger partial charge >= 0.3 is 6.03 Å². The molecular weight excluding hydrogens is 494 g/mol. The molecule has 5 rings (SSSR count). The molecule has 36 heavy (non-hydrogen) atoms. The Labute approximate surface area is 207 Å². The number of amides is 2. The van der Waals surface area contributed by atoms with E-state index in [2.05, 4.69) is 40.8 Å². The van der Waals surface area contributed by atoms with Gasteiger partial charge in [-0.05, 0) is 25.1 Å². The number of hydrogen-bond acceptors (Lipinski definition) is 7. The molecule has 2 N–H and O–H groups in total. The van der Waals surface area contributed by atoms with Crippen molar-refractivity contribution in [3.8, 4) is 11.4 Å². The number of rotatable bonds is 6. The van der Waals surface area contributed by atoms with E-state index in [9.17, 15) is 13.6 Å². The number of fused-ring (bicyclic) bond motifs is 1. The van der Waals surface area contributed by atoms with Crippen LogP contribution in [0.25, 0.3) is 22.4 Å². The third kappa shape index (κ3) is 4.68. The van der Waals surface area contributed by atoms with Crippen molar-refractivity contribution in [1.82, 2.24) is 50.1 Å². The summed E-state index contributed by atoms with van der Waals surface area (Å²) in [5, 5.41) is 13.7. The van der Waals surface area contributed by atoms with Crippen LogP contribution < -0.4 is 10.6 Å². The van der Waals surface area contributed by atoms with E-state index in [4.69, 9.17) is 11.6 Å². The van der Waals surface area contributed by atoms with Gasteiger partial charge in [0, 0.05) is 24.5 Å². The van der Waals surface area contributed by atoms with E-state index < -0.39 is 17.7 Å². The van der Waals surface area contributed by atoms with Crippen LogP contribution in [0.3, 0.4) is 0 Å². The van der Waals surface area contributed by atoms with Crippen molar-refractivity contribution in [2.45, 2.75) is 20.0 Å². The first-order chi connectivity index (χ1) is 17.4. The van der Waals surface area contributed by atoms with Crippen LogP contribution in [0.5, 0.6) is 0 Å². The summed E-state index contributed by atoms with van der Waals surface area (Å²) in [5.41, 5.74) is 1.30. The van der Waals surface area contributed by atoms with Crippen molar-refractivity contribution >= 4 is 28.7 Å². The van der Waals surface area contributed by atoms with Crippen molar-refractivity contribution < 1.29 is 13.6 Å². The molecule has 0 spiro atoms. The molecule has 0 saturated heterocycles. The lowest BCUT2D eigenvalue weighted by atomic mass is 10.2. The van der Waals surface area contributed by atoms with Gasteiger partial charge in [0.1, 0.15) is 23.5 Å². The molecule has 2 aromatic carbocycles. The second kappa shape index (κ2) is 9.62. The molecule has 0 atom stereocenters. The Morgan fingerprint density at radius 3 is 2.50 bits per heavy atom. The van der Waals surface area contributed by atoms with Crippen LogP contribution >= 0.6 is 11.6 Å². The number of benzene rings is 2. The van der Waals surface area contributed by atoms with Crippen LogP contribution in [0, 0.1) is 18.6 Å². The molecule has 3 heterocycles. The number of aromatic nitrogens is 8. The smallest absolute Gasteiger partial charge is 0.315 e. The normalized spacial score (nSPS) is 11.1. The fourth-order valence-corrected chi connectivity index (χ4v) is 3.64. The van der Waals surface area contributed by atoms with Gasteiger partial charge in [-0.15, -0.1) is 0 Å². The van der Waals surface area contributed by atoms with Gasteiger partial charge in [-0.1, -0.05) is 11.6 Å². The first-order valence-corrected chi connectivity index (χ1v) is 11.0. The Morgan fingerprint density at radius 2 is 1.69 bits per heavy atom. The molecule has 0 aliphatic carbocycles. The third-order valence-corrected chi connectivity index (χ3v) is 5.42. The van der Waals surface area contributed by atoms with Crippen LogP contribution in [-0.2, 0) is 13.1 Å². The lowest BCUT2D eigenvalue weighted by Crippen LogP contribution is -2.36. The summed E-state index contributed by atoms with van der Waals surface area (Å²) in [5.74, 6) is 0.0517. The van der Waals surface area contributed by atoms with Crippen LogP contribution in [0.4, 0.5) is 13.6 Å². The molecule has 11 nitrogen and oxygen atoms in total. The molecule has 0 unspecified atom stereocenters. The number of urea groups is 1. The van der Waals surface area contributed by atoms with E-state index in [0.717, 1.165) is 0 Å². The molecular formula is C22H17ClF2N10O. The number of carbonyl (C=O) groups is 1. The van der Waals surface area contributed by atoms with Gasteiger partial charge < -0.3 is 10.6 Å². The van der Waals surface area contributed by atoms with Crippen LogP contribution in [-0.4, -0.2) is 45.5 Å². The molecule has 3 aromatic heterocycles. The van der Waals surface area contributed by atoms with Gasteiger partial charge in [-0.25, -0.2) is 37.9 Å². The lowest BCUT2D eigenvalue weighted by Gasteiger charge is -2.10. The highest BCUT2D eigenvalue weighted by Gasteiger charge is 2.15. The first-order valence-electron chi connectivity index (χ1n) is 10.6. The van der Waals surface area contributed by atoms with E-state index in [1.54, 1.807) is 19.1 Å². The van der Waals surface area contributed by atoms with Gasteiger partial charge in [0.25, 0.3) is 0 Å². The van der Waals surface area contributed by atoms with Gasteiger partial charge in [0.15, 0.2) is 17.5 Å². The fraction of sp³-hybridized carbons (Fsp3) is 0.136. The maximum absolute atomic E-state index is 14.5. The molecule has 2 amide bonds. The summed E-state index contributed by atoms with van der Waals surface area (Å²) in [7, 11) is 0. The molecule has 5 aromatic rings. The minimum Gasteiger partial charge on any atom is -0.331 e. The molecule has 0 saturated carbocycles. The number of halogens is 3. The van der Waals surface area contributed by atoms with Gasteiger partial charge in [-0.2, -0.15) is 10.2 Å². The van der Waals surface area contributed by atoms with E-state index >= 15 is 0 Å². The minimum absolute atomic E-state index is 0.0000711. The summed E-state index contributed by atoms with van der Waals surface area (Å²) in [4.78, 5) is 29.0. The molecule has 0 radical (unpaired) electrons. The highest BCUT2D eigenvalue weighted by Crippen LogP contribution is 2.20. The highest BCUT2D eigenvalue weighted by molar-refractivity contribution is 6.30. The topological polar surface area (TPSA) is 128 Å². The molecule has 0 bridgehead atoms. The highest BCUT2D eigenvalue weighted by atomic mass is 35.5. The maximum atomic E-state index is 14.5. The Balaban J connectivity index is 1.26. The SMILES string of the molecule is Cc1nc(CNC(=O)NCc2ncnn2-c2cc(F)c3nccnc3c2)n(-c2ccc(Cl)c(F)c2)n1. The average Bonchev–Trinajstić information content (AvgIpc) is 3.49. The van der Waals surface area contributed by atoms with Gasteiger partial charge in [0.2, 0.25) is 0 Å². The zero-order valence-electron chi connectivity index (χ0n) is 18.7. The van der Waals surface area contributed by atoms with E-state index in [1.807, 2.05) is 0 Å². The van der Waals surface area contributed by atoms with Crippen LogP contribution in [0.2, 0.25) is 5.02 Å². The Bertz CT molecular complexity index is 1580. The zero-order chi connectivity index (χ0) is 25.2. The summed E-state index contributed by atoms with van der Waals surface area (Å²) in [6.07, 6.45) is 4.17. The third-order valence-electron chi connectivity index (χ3n) is 5.12. The number of nitrogens with one attached hydrogen (secondary N) is 2. The van der Waals surface area contributed by atoms with Gasteiger partial charge in [-0.3, -0.25) is 4.98 Å². The predicted molar refractivity (Wildman–Crippen MR) is 125 cm³/mol. The average molecular weight is 511 g/mol. The zero-order valence-corrected chi connectivity index (χ0v) is 19.4. The summed E-state index contributed by atoms with van der Waals surface area (Å²) in [6.45, 7) is 1.69. The second-order valence-electron chi connectivity index (χ2n) is 7.56. The van der Waals surface area contributed by atoms with Crippen molar-refractivity contribution in [2.75, 3.05) is 0 Å². The van der Waals surface area contributed by atoms with E-state index in [-0.39, 0.29) is 23.6 Å². The Morgan fingerprint density at radius 1 is 0.944 bits per heavy atom. The number of carbonyl (C=O) groups excluding carboxylic acids is 1. The largest absolute Gasteiger partial charge is 0.331 e. The minimum atomic E-state index is -0.596. The lowest BCUT2D eigenvalue weighted by molar-refractivity contribution is 0.239. The summed E-state index contributed by atoms with van der Waals surface area (Å²) >= 11 is 5.76. The predicted octanol–water partition coefficient (Wildman–Crippen LogP) is 3.03. The van der Waals surface area contributed by atoms with Crippen molar-refractivity contribution in [3.05, 3.63) is 83.2 Å². The summed E-state index contributed by atoms with van der Waals surface area (Å²) < 4.78 is 31.2. The molecule has 182 valence electrons. The monoisotopic (exact) mass is 510 g/mol. The fourth-order valence-electron chi connectivity index (χ4n) is 3.52. The maximum Gasteiger partial charge on any atom is 0.315 e. The van der Waals surface area contributed by atoms with Crippen LogP contribution in [0.1, 0.15) is 17.5 Å². The standard InChI is InChI=1S/C22H17ClF2N10O/c1-12-32-20(35(33-12)13-2-3-15(23)16(24)6-13)10-29-22(36)28-9-19-30-11-31-34(19)14-7-17(25)21-18(8-14)26-4-5-27-21/h2-8,11H,9-10H2,1H3,(H2,28,29,36). The van der Waals surface area contributed by atoms with Crippen molar-refractivity contribution in [3.63, 3.8) is 0 Å². The van der Waals surface area contributed by atoms with Gasteiger partial charge in [0.05, 0.1) is 35.0 Å². The van der Waals surface area contributed by atoms with Crippen LogP contribution in [0.15, 0.2) is 49.1 Å².